The summed E-state index contributed by atoms with van der Waals surface area (Å²) in [4.78, 5) is 13.1. The molecular formula is C22H19NO3. The number of benzene rings is 3. The molecule has 4 heteroatoms. The van der Waals surface area contributed by atoms with E-state index < -0.39 is 0 Å². The Morgan fingerprint density at radius 1 is 0.769 bits per heavy atom. The molecule has 130 valence electrons. The van der Waals surface area contributed by atoms with Crippen LogP contribution in [0, 0.1) is 0 Å². The van der Waals surface area contributed by atoms with Crippen LogP contribution < -0.4 is 14.8 Å². The molecule has 0 bridgehead atoms. The summed E-state index contributed by atoms with van der Waals surface area (Å²) >= 11 is 0. The molecule has 4 rings (SSSR count). The molecule has 0 atom stereocenters. The number of ether oxygens (including phenoxy) is 2. The fraction of sp³-hybridized carbons (Fsp3) is 0.136. The van der Waals surface area contributed by atoms with Gasteiger partial charge in [0.25, 0.3) is 0 Å². The smallest absolute Gasteiger partial charge is 0.236 e. The first-order chi connectivity index (χ1) is 12.8. The molecule has 1 amide bonds. The number of amides is 1. The van der Waals surface area contributed by atoms with E-state index in [0.717, 1.165) is 11.1 Å². The monoisotopic (exact) mass is 345 g/mol. The van der Waals surface area contributed by atoms with Crippen LogP contribution in [0.15, 0.2) is 78.9 Å². The number of hydrogen-bond acceptors (Lipinski definition) is 3. The average molecular weight is 345 g/mol. The molecule has 3 aromatic carbocycles. The lowest BCUT2D eigenvalue weighted by atomic mass is 9.90. The summed E-state index contributed by atoms with van der Waals surface area (Å²) in [5.41, 5.74) is 2.60. The van der Waals surface area contributed by atoms with E-state index >= 15 is 0 Å². The van der Waals surface area contributed by atoms with Gasteiger partial charge in [-0.3, -0.25) is 4.79 Å². The highest BCUT2D eigenvalue weighted by Crippen LogP contribution is 2.33. The molecule has 1 N–H and O–H groups in total. The fourth-order valence-electron chi connectivity index (χ4n) is 3.12. The van der Waals surface area contributed by atoms with Crippen LogP contribution in [0.25, 0.3) is 0 Å². The minimum absolute atomic E-state index is 0.0842. The lowest BCUT2D eigenvalue weighted by Crippen LogP contribution is -2.22. The van der Waals surface area contributed by atoms with Crippen LogP contribution in [-0.2, 0) is 4.79 Å². The van der Waals surface area contributed by atoms with Gasteiger partial charge in [-0.1, -0.05) is 60.7 Å². The summed E-state index contributed by atoms with van der Waals surface area (Å²) in [6.07, 6.45) is 0. The Labute approximate surface area is 152 Å². The third kappa shape index (κ3) is 3.40. The van der Waals surface area contributed by atoms with E-state index in [-0.39, 0.29) is 11.8 Å². The minimum atomic E-state index is -0.384. The highest BCUT2D eigenvalue weighted by atomic mass is 16.6. The van der Waals surface area contributed by atoms with Gasteiger partial charge >= 0.3 is 0 Å². The summed E-state index contributed by atoms with van der Waals surface area (Å²) < 4.78 is 11.1. The zero-order valence-electron chi connectivity index (χ0n) is 14.2. The van der Waals surface area contributed by atoms with Crippen molar-refractivity contribution in [3.8, 4) is 11.5 Å². The number of rotatable bonds is 4. The van der Waals surface area contributed by atoms with Gasteiger partial charge < -0.3 is 14.8 Å². The molecule has 0 fully saturated rings. The highest BCUT2D eigenvalue weighted by Gasteiger charge is 2.23. The number of carbonyl (C=O) groups is 1. The third-order valence-electron chi connectivity index (χ3n) is 4.34. The maximum Gasteiger partial charge on any atom is 0.236 e. The topological polar surface area (TPSA) is 47.6 Å². The second kappa shape index (κ2) is 7.31. The molecule has 0 radical (unpaired) electrons. The zero-order chi connectivity index (χ0) is 17.8. The summed E-state index contributed by atoms with van der Waals surface area (Å²) in [6, 6.07) is 25.0. The van der Waals surface area contributed by atoms with Gasteiger partial charge in [-0.25, -0.2) is 0 Å². The van der Waals surface area contributed by atoms with Gasteiger partial charge in [0.2, 0.25) is 5.91 Å². The van der Waals surface area contributed by atoms with Crippen LogP contribution in [0.1, 0.15) is 17.0 Å². The van der Waals surface area contributed by atoms with Crippen molar-refractivity contribution in [3.63, 3.8) is 0 Å². The first-order valence-electron chi connectivity index (χ1n) is 8.62. The van der Waals surface area contributed by atoms with Gasteiger partial charge in [0.15, 0.2) is 11.5 Å². The number of anilines is 1. The summed E-state index contributed by atoms with van der Waals surface area (Å²) in [6.45, 7) is 1.06. The lowest BCUT2D eigenvalue weighted by molar-refractivity contribution is -0.116. The van der Waals surface area contributed by atoms with E-state index in [9.17, 15) is 4.79 Å². The second-order valence-electron chi connectivity index (χ2n) is 6.10. The number of carbonyl (C=O) groups excluding carboxylic acids is 1. The Morgan fingerprint density at radius 2 is 1.35 bits per heavy atom. The van der Waals surface area contributed by atoms with Gasteiger partial charge in [0, 0.05) is 11.8 Å². The predicted molar refractivity (Wildman–Crippen MR) is 101 cm³/mol. The maximum absolute atomic E-state index is 13.1. The van der Waals surface area contributed by atoms with Crippen molar-refractivity contribution in [2.75, 3.05) is 18.5 Å². The van der Waals surface area contributed by atoms with Crippen LogP contribution >= 0.6 is 0 Å². The Hall–Kier alpha value is -3.27. The van der Waals surface area contributed by atoms with Crippen molar-refractivity contribution in [1.82, 2.24) is 0 Å². The van der Waals surface area contributed by atoms with E-state index in [0.29, 0.717) is 30.4 Å². The molecule has 1 aliphatic heterocycles. The normalized spacial score (nSPS) is 12.7. The summed E-state index contributed by atoms with van der Waals surface area (Å²) in [5.74, 6) is 0.895. The number of nitrogens with one attached hydrogen (secondary N) is 1. The molecular weight excluding hydrogens is 326 g/mol. The molecule has 3 aromatic rings. The molecule has 0 aliphatic carbocycles. The van der Waals surface area contributed by atoms with Crippen LogP contribution in [0.5, 0.6) is 11.5 Å². The standard InChI is InChI=1S/C22H19NO3/c24-22(23-18-11-12-19-20(15-18)26-14-13-25-19)21(16-7-3-1-4-8-16)17-9-5-2-6-10-17/h1-12,15,21H,13-14H2,(H,23,24). The van der Waals surface area contributed by atoms with Crippen molar-refractivity contribution in [1.29, 1.82) is 0 Å². The quantitative estimate of drug-likeness (QED) is 0.770. The van der Waals surface area contributed by atoms with Gasteiger partial charge in [0.1, 0.15) is 13.2 Å². The highest BCUT2D eigenvalue weighted by molar-refractivity contribution is 5.98. The predicted octanol–water partition coefficient (Wildman–Crippen LogP) is 4.23. The second-order valence-corrected chi connectivity index (χ2v) is 6.10. The van der Waals surface area contributed by atoms with Crippen molar-refractivity contribution in [2.24, 2.45) is 0 Å². The molecule has 0 aromatic heterocycles. The molecule has 0 unspecified atom stereocenters. The van der Waals surface area contributed by atoms with Gasteiger partial charge in [-0.15, -0.1) is 0 Å². The van der Waals surface area contributed by atoms with E-state index in [2.05, 4.69) is 5.32 Å². The first-order valence-corrected chi connectivity index (χ1v) is 8.62. The lowest BCUT2D eigenvalue weighted by Gasteiger charge is -2.21. The van der Waals surface area contributed by atoms with Gasteiger partial charge in [-0.05, 0) is 23.3 Å². The van der Waals surface area contributed by atoms with Crippen LogP contribution in [0.4, 0.5) is 5.69 Å². The van der Waals surface area contributed by atoms with E-state index in [4.69, 9.17) is 9.47 Å². The molecule has 0 spiro atoms. The molecule has 0 saturated carbocycles. The number of fused-ring (bicyclic) bond motifs is 1. The van der Waals surface area contributed by atoms with E-state index in [1.165, 1.54) is 0 Å². The van der Waals surface area contributed by atoms with Crippen molar-refractivity contribution >= 4 is 11.6 Å². The van der Waals surface area contributed by atoms with Crippen molar-refractivity contribution < 1.29 is 14.3 Å². The van der Waals surface area contributed by atoms with Crippen LogP contribution in [0.2, 0.25) is 0 Å². The molecule has 1 aliphatic rings. The Kier molecular flexibility index (Phi) is 4.56. The van der Waals surface area contributed by atoms with Gasteiger partial charge in [0.05, 0.1) is 5.92 Å². The SMILES string of the molecule is O=C(Nc1ccc2c(c1)OCCO2)C(c1ccccc1)c1ccccc1. The summed E-state index contributed by atoms with van der Waals surface area (Å²) in [5, 5.41) is 3.01. The molecule has 26 heavy (non-hydrogen) atoms. The zero-order valence-corrected chi connectivity index (χ0v) is 14.2. The van der Waals surface area contributed by atoms with E-state index in [1.54, 1.807) is 6.07 Å². The minimum Gasteiger partial charge on any atom is -0.486 e. The van der Waals surface area contributed by atoms with Crippen molar-refractivity contribution in [2.45, 2.75) is 5.92 Å². The number of hydrogen-bond donors (Lipinski definition) is 1. The first kappa shape index (κ1) is 16.2. The fourth-order valence-corrected chi connectivity index (χ4v) is 3.12. The maximum atomic E-state index is 13.1. The van der Waals surface area contributed by atoms with Crippen LogP contribution in [-0.4, -0.2) is 19.1 Å². The van der Waals surface area contributed by atoms with Gasteiger partial charge in [-0.2, -0.15) is 0 Å². The Balaban J connectivity index is 1.63. The van der Waals surface area contributed by atoms with Crippen LogP contribution in [0.3, 0.4) is 0 Å². The molecule has 0 saturated heterocycles. The van der Waals surface area contributed by atoms with Crippen molar-refractivity contribution in [3.05, 3.63) is 90.0 Å². The molecule has 1 heterocycles. The third-order valence-corrected chi connectivity index (χ3v) is 4.34. The Morgan fingerprint density at radius 3 is 1.96 bits per heavy atom. The summed E-state index contributed by atoms with van der Waals surface area (Å²) in [7, 11) is 0. The molecule has 4 nitrogen and oxygen atoms in total. The van der Waals surface area contributed by atoms with E-state index in [1.807, 2.05) is 72.8 Å². The Bertz CT molecular complexity index is 854. The average Bonchev–Trinajstić information content (AvgIpc) is 2.70. The largest absolute Gasteiger partial charge is 0.486 e.